The second-order valence-corrected chi connectivity index (χ2v) is 3.68. The lowest BCUT2D eigenvalue weighted by atomic mass is 10.0. The highest BCUT2D eigenvalue weighted by molar-refractivity contribution is 6.35. The van der Waals surface area contributed by atoms with Gasteiger partial charge >= 0.3 is 0 Å². The van der Waals surface area contributed by atoms with Crippen LogP contribution in [0.1, 0.15) is 32.1 Å². The van der Waals surface area contributed by atoms with E-state index in [9.17, 15) is 9.59 Å². The molecule has 4 nitrogen and oxygen atoms in total. The first-order valence-corrected chi connectivity index (χ1v) is 4.69. The van der Waals surface area contributed by atoms with Gasteiger partial charge in [-0.2, -0.15) is 0 Å². The average molecular weight is 184 g/mol. The van der Waals surface area contributed by atoms with E-state index >= 15 is 0 Å². The van der Waals surface area contributed by atoms with Crippen molar-refractivity contribution in [2.45, 2.75) is 38.1 Å². The maximum atomic E-state index is 10.8. The van der Waals surface area contributed by atoms with Gasteiger partial charge in [0.2, 0.25) is 5.78 Å². The normalized spacial score (nSPS) is 18.2. The minimum atomic E-state index is -0.833. The molecule has 0 saturated heterocycles. The number of Topliss-reactive ketones (excluding diaryl/α,β-unsaturated/α-hetero) is 1. The lowest BCUT2D eigenvalue weighted by molar-refractivity contribution is -0.136. The maximum absolute atomic E-state index is 10.8. The van der Waals surface area contributed by atoms with Crippen LogP contribution < -0.4 is 11.5 Å². The first-order valence-electron chi connectivity index (χ1n) is 4.69. The Morgan fingerprint density at radius 2 is 2.00 bits per heavy atom. The Morgan fingerprint density at radius 3 is 2.46 bits per heavy atom. The van der Waals surface area contributed by atoms with Gasteiger partial charge in [0.25, 0.3) is 5.91 Å². The molecular weight excluding hydrogens is 168 g/mol. The van der Waals surface area contributed by atoms with Gasteiger partial charge in [-0.3, -0.25) is 9.59 Å². The molecule has 1 fully saturated rings. The van der Waals surface area contributed by atoms with E-state index < -0.39 is 11.7 Å². The molecule has 0 heterocycles. The van der Waals surface area contributed by atoms with Crippen LogP contribution in [-0.4, -0.2) is 17.7 Å². The predicted octanol–water partition coefficient (Wildman–Crippen LogP) is -0.0516. The van der Waals surface area contributed by atoms with Gasteiger partial charge in [0.05, 0.1) is 0 Å². The average Bonchev–Trinajstić information content (AvgIpc) is 2.85. The van der Waals surface area contributed by atoms with Crippen LogP contribution in [0.3, 0.4) is 0 Å². The topological polar surface area (TPSA) is 86.2 Å². The molecule has 0 aromatic heterocycles. The quantitative estimate of drug-likeness (QED) is 0.567. The summed E-state index contributed by atoms with van der Waals surface area (Å²) in [6.45, 7) is 0. The third-order valence-electron chi connectivity index (χ3n) is 2.44. The van der Waals surface area contributed by atoms with Gasteiger partial charge in [-0.25, -0.2) is 0 Å². The van der Waals surface area contributed by atoms with Crippen molar-refractivity contribution in [2.75, 3.05) is 0 Å². The molecule has 74 valence electrons. The van der Waals surface area contributed by atoms with Crippen LogP contribution in [0.2, 0.25) is 0 Å². The number of hydrogen-bond acceptors (Lipinski definition) is 3. The summed E-state index contributed by atoms with van der Waals surface area (Å²) in [5, 5.41) is 0. The fraction of sp³-hybridized carbons (Fsp3) is 0.778. The number of ketones is 1. The van der Waals surface area contributed by atoms with Gasteiger partial charge in [0.15, 0.2) is 0 Å². The largest absolute Gasteiger partial charge is 0.363 e. The Hall–Kier alpha value is -0.900. The van der Waals surface area contributed by atoms with E-state index in [0.29, 0.717) is 12.3 Å². The molecule has 1 atom stereocenters. The summed E-state index contributed by atoms with van der Waals surface area (Å²) < 4.78 is 0. The molecule has 0 aliphatic heterocycles. The van der Waals surface area contributed by atoms with Gasteiger partial charge in [-0.05, 0) is 31.6 Å². The summed E-state index contributed by atoms with van der Waals surface area (Å²) in [4.78, 5) is 21.2. The van der Waals surface area contributed by atoms with Crippen molar-refractivity contribution in [3.05, 3.63) is 0 Å². The van der Waals surface area contributed by atoms with E-state index in [2.05, 4.69) is 0 Å². The summed E-state index contributed by atoms with van der Waals surface area (Å²) in [6.07, 6.45) is 4.18. The number of amides is 1. The highest BCUT2D eigenvalue weighted by Crippen LogP contribution is 2.33. The van der Waals surface area contributed by atoms with E-state index in [1.54, 1.807) is 0 Å². The van der Waals surface area contributed by atoms with Crippen LogP contribution in [0.4, 0.5) is 0 Å². The molecule has 1 saturated carbocycles. The van der Waals surface area contributed by atoms with Gasteiger partial charge < -0.3 is 11.5 Å². The number of primary amides is 1. The van der Waals surface area contributed by atoms with E-state index in [1.807, 2.05) is 0 Å². The lowest BCUT2D eigenvalue weighted by Crippen LogP contribution is -2.25. The maximum Gasteiger partial charge on any atom is 0.284 e. The highest BCUT2D eigenvalue weighted by atomic mass is 16.2. The molecular formula is C9H16N2O2. The first kappa shape index (κ1) is 10.2. The minimum Gasteiger partial charge on any atom is -0.363 e. The summed E-state index contributed by atoms with van der Waals surface area (Å²) in [5.74, 6) is -0.660. The number of carbonyl (C=O) groups excluding carboxylic acids is 2. The number of carbonyl (C=O) groups is 2. The standard InChI is InChI=1S/C9H16N2O2/c10-7(6-4-5-6)2-1-3-8(12)9(11)13/h6-7H,1-5,10H2,(H2,11,13)/t7-/m1/s1. The van der Waals surface area contributed by atoms with Crippen molar-refractivity contribution in [1.82, 2.24) is 0 Å². The zero-order chi connectivity index (χ0) is 9.84. The number of hydrogen-bond donors (Lipinski definition) is 2. The van der Waals surface area contributed by atoms with Gasteiger partial charge in [-0.1, -0.05) is 0 Å². The molecule has 4 N–H and O–H groups in total. The zero-order valence-corrected chi connectivity index (χ0v) is 7.66. The van der Waals surface area contributed by atoms with E-state index in [4.69, 9.17) is 11.5 Å². The third kappa shape index (κ3) is 3.55. The van der Waals surface area contributed by atoms with Crippen LogP contribution in [0.15, 0.2) is 0 Å². The van der Waals surface area contributed by atoms with Gasteiger partial charge in [0.1, 0.15) is 0 Å². The molecule has 13 heavy (non-hydrogen) atoms. The second-order valence-electron chi connectivity index (χ2n) is 3.68. The summed E-state index contributed by atoms with van der Waals surface area (Å²) in [7, 11) is 0. The summed E-state index contributed by atoms with van der Waals surface area (Å²) >= 11 is 0. The van der Waals surface area contributed by atoms with E-state index in [0.717, 1.165) is 6.42 Å². The molecule has 0 unspecified atom stereocenters. The second kappa shape index (κ2) is 4.37. The molecule has 0 bridgehead atoms. The number of rotatable bonds is 6. The third-order valence-corrected chi connectivity index (χ3v) is 2.44. The van der Waals surface area contributed by atoms with Gasteiger partial charge in [0, 0.05) is 12.5 Å². The van der Waals surface area contributed by atoms with Crippen molar-refractivity contribution in [1.29, 1.82) is 0 Å². The molecule has 0 spiro atoms. The minimum absolute atomic E-state index is 0.209. The van der Waals surface area contributed by atoms with Crippen molar-refractivity contribution in [3.8, 4) is 0 Å². The van der Waals surface area contributed by atoms with Crippen LogP contribution >= 0.6 is 0 Å². The fourth-order valence-electron chi connectivity index (χ4n) is 1.38. The molecule has 1 aliphatic rings. The van der Waals surface area contributed by atoms with Crippen molar-refractivity contribution in [2.24, 2.45) is 17.4 Å². The molecule has 0 aromatic carbocycles. The van der Waals surface area contributed by atoms with Crippen LogP contribution in [0.5, 0.6) is 0 Å². The monoisotopic (exact) mass is 184 g/mol. The Labute approximate surface area is 77.7 Å². The molecule has 4 heteroatoms. The Morgan fingerprint density at radius 1 is 1.38 bits per heavy atom. The van der Waals surface area contributed by atoms with Crippen molar-refractivity contribution < 1.29 is 9.59 Å². The molecule has 0 aromatic rings. The molecule has 1 amide bonds. The van der Waals surface area contributed by atoms with E-state index in [1.165, 1.54) is 12.8 Å². The fourth-order valence-corrected chi connectivity index (χ4v) is 1.38. The zero-order valence-electron chi connectivity index (χ0n) is 7.66. The lowest BCUT2D eigenvalue weighted by Gasteiger charge is -2.07. The van der Waals surface area contributed by atoms with Crippen molar-refractivity contribution >= 4 is 11.7 Å². The predicted molar refractivity (Wildman–Crippen MR) is 48.8 cm³/mol. The first-order chi connectivity index (χ1) is 6.11. The van der Waals surface area contributed by atoms with E-state index in [-0.39, 0.29) is 12.5 Å². The molecule has 1 rings (SSSR count). The van der Waals surface area contributed by atoms with Crippen LogP contribution in [-0.2, 0) is 9.59 Å². The Bertz CT molecular complexity index is 212. The molecule has 0 radical (unpaired) electrons. The SMILES string of the molecule is NC(=O)C(=O)CCC[C@@H](N)C1CC1. The van der Waals surface area contributed by atoms with Crippen LogP contribution in [0.25, 0.3) is 0 Å². The Kier molecular flexibility index (Phi) is 3.42. The summed E-state index contributed by atoms with van der Waals surface area (Å²) in [6, 6.07) is 0.209. The molecule has 1 aliphatic carbocycles. The number of nitrogens with two attached hydrogens (primary N) is 2. The smallest absolute Gasteiger partial charge is 0.284 e. The van der Waals surface area contributed by atoms with Gasteiger partial charge in [-0.15, -0.1) is 0 Å². The Balaban J connectivity index is 2.05. The van der Waals surface area contributed by atoms with Crippen LogP contribution in [0, 0.1) is 5.92 Å². The highest BCUT2D eigenvalue weighted by Gasteiger charge is 2.27. The van der Waals surface area contributed by atoms with Crippen molar-refractivity contribution in [3.63, 3.8) is 0 Å². The summed E-state index contributed by atoms with van der Waals surface area (Å²) in [5.41, 5.74) is 10.6.